The van der Waals surface area contributed by atoms with Crippen LogP contribution < -0.4 is 0 Å². The maximum atomic E-state index is 13.1. The Morgan fingerprint density at radius 1 is 0.969 bits per heavy atom. The zero-order chi connectivity index (χ0) is 22.9. The fourth-order valence-electron chi connectivity index (χ4n) is 4.46. The summed E-state index contributed by atoms with van der Waals surface area (Å²) in [6.45, 7) is 5.09. The summed E-state index contributed by atoms with van der Waals surface area (Å²) in [6.07, 6.45) is -3.51. The molecule has 0 amide bonds. The number of carbonyl (C=O) groups excluding carboxylic acids is 1. The summed E-state index contributed by atoms with van der Waals surface area (Å²) < 4.78 is 39.3. The van der Waals surface area contributed by atoms with Crippen LogP contribution in [0.3, 0.4) is 0 Å². The molecule has 0 aliphatic carbocycles. The quantitative estimate of drug-likeness (QED) is 0.415. The van der Waals surface area contributed by atoms with Crippen LogP contribution in [0.1, 0.15) is 58.1 Å². The highest BCUT2D eigenvalue weighted by atomic mass is 19.4. The van der Waals surface area contributed by atoms with E-state index in [2.05, 4.69) is 17.0 Å². The summed E-state index contributed by atoms with van der Waals surface area (Å²) >= 11 is 0. The van der Waals surface area contributed by atoms with E-state index in [9.17, 15) is 18.0 Å². The molecule has 0 spiro atoms. The highest BCUT2D eigenvalue weighted by Crippen LogP contribution is 2.38. The lowest BCUT2D eigenvalue weighted by molar-refractivity contribution is -0.137. The molecule has 32 heavy (non-hydrogen) atoms. The molecule has 4 rings (SSSR count). The number of halogens is 3. The zero-order valence-electron chi connectivity index (χ0n) is 18.2. The van der Waals surface area contributed by atoms with Gasteiger partial charge in [-0.2, -0.15) is 13.2 Å². The maximum absolute atomic E-state index is 13.1. The van der Waals surface area contributed by atoms with Crippen LogP contribution in [0.15, 0.2) is 72.8 Å². The van der Waals surface area contributed by atoms with Crippen LogP contribution in [0.25, 0.3) is 0 Å². The summed E-state index contributed by atoms with van der Waals surface area (Å²) in [5.74, 6) is -0.00645. The predicted octanol–water partition coefficient (Wildman–Crippen LogP) is 6.69. The third-order valence-corrected chi connectivity index (χ3v) is 6.12. The highest BCUT2D eigenvalue weighted by molar-refractivity contribution is 5.98. The van der Waals surface area contributed by atoms with E-state index in [1.807, 2.05) is 50.2 Å². The van der Waals surface area contributed by atoms with E-state index in [1.54, 1.807) is 12.1 Å². The van der Waals surface area contributed by atoms with Crippen LogP contribution in [-0.2, 0) is 19.1 Å². The number of Topliss-reactive ketones (excluding diaryl/α,β-unsaturated/α-hetero) is 1. The van der Waals surface area contributed by atoms with E-state index in [-0.39, 0.29) is 17.7 Å². The predicted molar refractivity (Wildman–Crippen MR) is 119 cm³/mol. The van der Waals surface area contributed by atoms with E-state index in [0.29, 0.717) is 12.1 Å². The Morgan fingerprint density at radius 2 is 1.62 bits per heavy atom. The normalized spacial score (nSPS) is 16.8. The van der Waals surface area contributed by atoms with Gasteiger partial charge in [0.25, 0.3) is 0 Å². The highest BCUT2D eigenvalue weighted by Gasteiger charge is 2.33. The molecule has 1 aliphatic rings. The van der Waals surface area contributed by atoms with Gasteiger partial charge in [-0.15, -0.1) is 0 Å². The molecule has 3 aromatic carbocycles. The number of benzene rings is 3. The zero-order valence-corrected chi connectivity index (χ0v) is 18.2. The first-order valence-electron chi connectivity index (χ1n) is 10.9. The van der Waals surface area contributed by atoms with Gasteiger partial charge in [0.2, 0.25) is 0 Å². The minimum absolute atomic E-state index is 0.101. The van der Waals surface area contributed by atoms with Gasteiger partial charge in [0.05, 0.1) is 11.6 Å². The van der Waals surface area contributed by atoms with E-state index in [4.69, 9.17) is 0 Å². The molecular formula is C27H26F3NO. The number of nitrogens with zero attached hydrogens (tertiary/aromatic N) is 1. The average Bonchev–Trinajstić information content (AvgIpc) is 2.78. The van der Waals surface area contributed by atoms with Crippen molar-refractivity contribution in [3.8, 4) is 0 Å². The Hall–Kier alpha value is -2.92. The molecule has 166 valence electrons. The van der Waals surface area contributed by atoms with E-state index < -0.39 is 11.7 Å². The van der Waals surface area contributed by atoms with Crippen molar-refractivity contribution in [2.24, 2.45) is 5.92 Å². The molecule has 0 N–H and O–H groups in total. The second kappa shape index (κ2) is 8.91. The maximum Gasteiger partial charge on any atom is 0.416 e. The van der Waals surface area contributed by atoms with Gasteiger partial charge in [0.15, 0.2) is 5.78 Å². The SMILES string of the molecule is CC(C)C(=O)c1ccccc1CN1CCc2ccccc2C1c1ccc(C(F)(F)F)cc1. The topological polar surface area (TPSA) is 20.3 Å². The monoisotopic (exact) mass is 437 g/mol. The van der Waals surface area contributed by atoms with Crippen molar-refractivity contribution < 1.29 is 18.0 Å². The van der Waals surface area contributed by atoms with Gasteiger partial charge >= 0.3 is 6.18 Å². The van der Waals surface area contributed by atoms with Gasteiger partial charge in [-0.1, -0.05) is 74.5 Å². The number of hydrogen-bond donors (Lipinski definition) is 0. The smallest absolute Gasteiger partial charge is 0.294 e. The lowest BCUT2D eigenvalue weighted by atomic mass is 9.87. The Kier molecular flexibility index (Phi) is 6.20. The minimum atomic E-state index is -4.36. The van der Waals surface area contributed by atoms with Crippen LogP contribution in [-0.4, -0.2) is 17.2 Å². The third-order valence-electron chi connectivity index (χ3n) is 6.12. The molecule has 1 unspecified atom stereocenters. The first-order valence-corrected chi connectivity index (χ1v) is 10.9. The molecule has 5 heteroatoms. The fraction of sp³-hybridized carbons (Fsp3) is 0.296. The molecule has 1 aliphatic heterocycles. The summed E-state index contributed by atoms with van der Waals surface area (Å²) in [6, 6.07) is 21.0. The van der Waals surface area contributed by atoms with Gasteiger partial charge in [-0.05, 0) is 40.8 Å². The number of ketones is 1. The van der Waals surface area contributed by atoms with Gasteiger partial charge in [0.1, 0.15) is 0 Å². The molecule has 3 aromatic rings. The molecule has 0 bridgehead atoms. The number of hydrogen-bond acceptors (Lipinski definition) is 2. The average molecular weight is 438 g/mol. The Morgan fingerprint density at radius 3 is 2.31 bits per heavy atom. The summed E-state index contributed by atoms with van der Waals surface area (Å²) in [7, 11) is 0. The summed E-state index contributed by atoms with van der Waals surface area (Å²) in [5, 5.41) is 0. The van der Waals surface area contributed by atoms with Crippen molar-refractivity contribution in [2.75, 3.05) is 6.54 Å². The Balaban J connectivity index is 1.73. The van der Waals surface area contributed by atoms with E-state index in [0.717, 1.165) is 41.8 Å². The number of alkyl halides is 3. The van der Waals surface area contributed by atoms with Crippen LogP contribution >= 0.6 is 0 Å². The second-order valence-corrected chi connectivity index (χ2v) is 8.62. The molecule has 1 heterocycles. The van der Waals surface area contributed by atoms with Gasteiger partial charge in [-0.3, -0.25) is 9.69 Å². The minimum Gasteiger partial charge on any atom is -0.294 e. The van der Waals surface area contributed by atoms with Crippen LogP contribution in [0.5, 0.6) is 0 Å². The van der Waals surface area contributed by atoms with Gasteiger partial charge < -0.3 is 0 Å². The van der Waals surface area contributed by atoms with Gasteiger partial charge in [0, 0.05) is 24.6 Å². The van der Waals surface area contributed by atoms with Crippen molar-refractivity contribution in [1.82, 2.24) is 4.90 Å². The van der Waals surface area contributed by atoms with Crippen molar-refractivity contribution >= 4 is 5.78 Å². The molecule has 1 atom stereocenters. The third kappa shape index (κ3) is 4.49. The van der Waals surface area contributed by atoms with E-state index in [1.165, 1.54) is 5.56 Å². The molecular weight excluding hydrogens is 411 g/mol. The number of fused-ring (bicyclic) bond motifs is 1. The Labute approximate surface area is 186 Å². The largest absolute Gasteiger partial charge is 0.416 e. The van der Waals surface area contributed by atoms with Crippen LogP contribution in [0, 0.1) is 5.92 Å². The molecule has 0 aromatic heterocycles. The molecule has 0 fully saturated rings. The molecule has 0 radical (unpaired) electrons. The summed E-state index contributed by atoms with van der Waals surface area (Å²) in [4.78, 5) is 15.0. The van der Waals surface area contributed by atoms with Crippen LogP contribution in [0.2, 0.25) is 0 Å². The number of rotatable bonds is 5. The molecule has 2 nitrogen and oxygen atoms in total. The Bertz CT molecular complexity index is 1100. The van der Waals surface area contributed by atoms with Crippen molar-refractivity contribution in [3.63, 3.8) is 0 Å². The lowest BCUT2D eigenvalue weighted by Crippen LogP contribution is -2.36. The van der Waals surface area contributed by atoms with Gasteiger partial charge in [-0.25, -0.2) is 0 Å². The lowest BCUT2D eigenvalue weighted by Gasteiger charge is -2.38. The number of carbonyl (C=O) groups is 1. The summed E-state index contributed by atoms with van der Waals surface area (Å²) in [5.41, 5.74) is 4.14. The van der Waals surface area contributed by atoms with Crippen molar-refractivity contribution in [3.05, 3.63) is 106 Å². The van der Waals surface area contributed by atoms with Crippen LogP contribution in [0.4, 0.5) is 13.2 Å². The van der Waals surface area contributed by atoms with Crippen molar-refractivity contribution in [2.45, 2.75) is 39.0 Å². The molecule has 0 saturated carbocycles. The standard InChI is InChI=1S/C27H26F3NO/c1-18(2)26(32)24-10-6-4-8-21(24)17-31-16-15-19-7-3-5-9-23(19)25(31)20-11-13-22(14-12-20)27(28,29)30/h3-14,18,25H,15-17H2,1-2H3. The molecule has 0 saturated heterocycles. The first-order chi connectivity index (χ1) is 15.3. The second-order valence-electron chi connectivity index (χ2n) is 8.62. The fourth-order valence-corrected chi connectivity index (χ4v) is 4.46. The van der Waals surface area contributed by atoms with Crippen molar-refractivity contribution in [1.29, 1.82) is 0 Å². The van der Waals surface area contributed by atoms with E-state index >= 15 is 0 Å². The first kappa shape index (κ1) is 22.3.